The summed E-state index contributed by atoms with van der Waals surface area (Å²) in [4.78, 5) is 21.9. The molecule has 0 bridgehead atoms. The third-order valence-corrected chi connectivity index (χ3v) is 2.29. The molecule has 0 saturated heterocycles. The van der Waals surface area contributed by atoms with E-state index < -0.39 is 17.8 Å². The minimum atomic E-state index is -0.967. The van der Waals surface area contributed by atoms with Gasteiger partial charge in [-0.15, -0.1) is 0 Å². The van der Waals surface area contributed by atoms with Gasteiger partial charge < -0.3 is 10.4 Å². The van der Waals surface area contributed by atoms with Crippen molar-refractivity contribution in [3.8, 4) is 0 Å². The number of carbonyl (C=O) groups is 2. The van der Waals surface area contributed by atoms with Gasteiger partial charge in [-0.25, -0.2) is 0 Å². The van der Waals surface area contributed by atoms with Gasteiger partial charge in [0.25, 0.3) is 0 Å². The zero-order chi connectivity index (χ0) is 11.3. The predicted molar refractivity (Wildman–Crippen MR) is 57.0 cm³/mol. The van der Waals surface area contributed by atoms with Crippen molar-refractivity contribution in [2.24, 2.45) is 11.8 Å². The molecule has 2 N–H and O–H groups in total. The molecule has 0 aliphatic heterocycles. The summed E-state index contributed by atoms with van der Waals surface area (Å²) in [6.07, 6.45) is 0. The number of halogens is 1. The molecule has 0 aromatic carbocycles. The average molecular weight is 264 g/mol. The standard InChI is InChI=1S/C9H14BrNO3/c1-5(10)4-11-8(12)6(2)7(3)9(13)14/h6-7H,1,4H2,2-3H3,(H,11,12)(H,13,14). The maximum absolute atomic E-state index is 11.4. The Balaban J connectivity index is 4.11. The maximum atomic E-state index is 11.4. The van der Waals surface area contributed by atoms with E-state index in [0.717, 1.165) is 0 Å². The van der Waals surface area contributed by atoms with Crippen molar-refractivity contribution >= 4 is 27.8 Å². The number of aliphatic carboxylic acids is 1. The van der Waals surface area contributed by atoms with Gasteiger partial charge in [-0.3, -0.25) is 9.59 Å². The summed E-state index contributed by atoms with van der Waals surface area (Å²) in [5.74, 6) is -2.47. The zero-order valence-corrected chi connectivity index (χ0v) is 9.80. The Morgan fingerprint density at radius 3 is 2.29 bits per heavy atom. The Kier molecular flexibility index (Phi) is 5.45. The predicted octanol–water partition coefficient (Wildman–Crippen LogP) is 1.37. The van der Waals surface area contributed by atoms with Crippen LogP contribution in [0.5, 0.6) is 0 Å². The summed E-state index contributed by atoms with van der Waals surface area (Å²) < 4.78 is 0.654. The first-order valence-electron chi connectivity index (χ1n) is 4.20. The molecule has 0 aliphatic rings. The molecule has 0 aliphatic carbocycles. The second-order valence-electron chi connectivity index (χ2n) is 3.15. The molecule has 0 fully saturated rings. The highest BCUT2D eigenvalue weighted by Crippen LogP contribution is 2.11. The lowest BCUT2D eigenvalue weighted by atomic mass is 9.95. The molecular weight excluding hydrogens is 250 g/mol. The van der Waals surface area contributed by atoms with Gasteiger partial charge in [-0.1, -0.05) is 36.4 Å². The molecule has 0 spiro atoms. The van der Waals surface area contributed by atoms with Crippen LogP contribution in [0, 0.1) is 11.8 Å². The minimum absolute atomic E-state index is 0.277. The van der Waals surface area contributed by atoms with Crippen LogP contribution >= 0.6 is 15.9 Å². The largest absolute Gasteiger partial charge is 0.481 e. The molecule has 0 rings (SSSR count). The molecule has 80 valence electrons. The monoisotopic (exact) mass is 263 g/mol. The molecule has 0 heterocycles. The van der Waals surface area contributed by atoms with Crippen molar-refractivity contribution in [3.05, 3.63) is 11.1 Å². The number of carboxylic acids is 1. The van der Waals surface area contributed by atoms with Crippen molar-refractivity contribution in [2.75, 3.05) is 6.54 Å². The highest BCUT2D eigenvalue weighted by Gasteiger charge is 2.25. The Labute approximate surface area is 91.5 Å². The molecule has 0 radical (unpaired) electrons. The number of carbonyl (C=O) groups excluding carboxylic acids is 1. The van der Waals surface area contributed by atoms with Gasteiger partial charge in [0.2, 0.25) is 5.91 Å². The van der Waals surface area contributed by atoms with Crippen LogP contribution in [0.15, 0.2) is 11.1 Å². The number of amides is 1. The summed E-state index contributed by atoms with van der Waals surface area (Å²) in [6.45, 7) is 6.96. The van der Waals surface area contributed by atoms with Crippen LogP contribution < -0.4 is 5.32 Å². The third kappa shape index (κ3) is 4.41. The quantitative estimate of drug-likeness (QED) is 0.788. The fourth-order valence-electron chi connectivity index (χ4n) is 0.785. The Hall–Kier alpha value is -0.840. The normalized spacial score (nSPS) is 14.2. The molecule has 0 aromatic heterocycles. The zero-order valence-electron chi connectivity index (χ0n) is 8.21. The smallest absolute Gasteiger partial charge is 0.307 e. The van der Waals surface area contributed by atoms with E-state index in [1.54, 1.807) is 6.92 Å². The minimum Gasteiger partial charge on any atom is -0.481 e. The van der Waals surface area contributed by atoms with Gasteiger partial charge in [0.1, 0.15) is 0 Å². The van der Waals surface area contributed by atoms with Crippen LogP contribution in [-0.2, 0) is 9.59 Å². The van der Waals surface area contributed by atoms with Crippen LogP contribution in [0.4, 0.5) is 0 Å². The third-order valence-electron chi connectivity index (χ3n) is 2.01. The van der Waals surface area contributed by atoms with Crippen molar-refractivity contribution < 1.29 is 14.7 Å². The van der Waals surface area contributed by atoms with E-state index in [1.165, 1.54) is 6.92 Å². The molecule has 14 heavy (non-hydrogen) atoms. The molecule has 4 nitrogen and oxygen atoms in total. The van der Waals surface area contributed by atoms with Gasteiger partial charge in [-0.05, 0) is 0 Å². The first-order valence-corrected chi connectivity index (χ1v) is 4.99. The van der Waals surface area contributed by atoms with Crippen LogP contribution in [0.1, 0.15) is 13.8 Å². The first kappa shape index (κ1) is 13.2. The topological polar surface area (TPSA) is 66.4 Å². The molecule has 1 amide bonds. The van der Waals surface area contributed by atoms with Crippen LogP contribution in [0.25, 0.3) is 0 Å². The van der Waals surface area contributed by atoms with Gasteiger partial charge >= 0.3 is 5.97 Å². The Bertz CT molecular complexity index is 252. The first-order chi connectivity index (χ1) is 6.36. The summed E-state index contributed by atoms with van der Waals surface area (Å²) in [6, 6.07) is 0. The van der Waals surface area contributed by atoms with E-state index in [2.05, 4.69) is 27.8 Å². The lowest BCUT2D eigenvalue weighted by Crippen LogP contribution is -2.35. The molecular formula is C9H14BrNO3. The van der Waals surface area contributed by atoms with Gasteiger partial charge in [0.05, 0.1) is 5.92 Å². The number of hydrogen-bond acceptors (Lipinski definition) is 2. The SMILES string of the molecule is C=C(Br)CNC(=O)C(C)C(C)C(=O)O. The average Bonchev–Trinajstić information content (AvgIpc) is 2.11. The van der Waals surface area contributed by atoms with E-state index in [1.807, 2.05) is 0 Å². The van der Waals surface area contributed by atoms with Crippen molar-refractivity contribution in [2.45, 2.75) is 13.8 Å². The maximum Gasteiger partial charge on any atom is 0.307 e. The fourth-order valence-corrected chi connectivity index (χ4v) is 0.925. The highest BCUT2D eigenvalue weighted by atomic mass is 79.9. The fraction of sp³-hybridized carbons (Fsp3) is 0.556. The molecule has 2 atom stereocenters. The van der Waals surface area contributed by atoms with Gasteiger partial charge in [-0.2, -0.15) is 0 Å². The second kappa shape index (κ2) is 5.80. The highest BCUT2D eigenvalue weighted by molar-refractivity contribution is 9.11. The van der Waals surface area contributed by atoms with Crippen LogP contribution in [0.2, 0.25) is 0 Å². The number of nitrogens with one attached hydrogen (secondary N) is 1. The van der Waals surface area contributed by atoms with E-state index in [0.29, 0.717) is 11.0 Å². The van der Waals surface area contributed by atoms with E-state index in [-0.39, 0.29) is 5.91 Å². The lowest BCUT2D eigenvalue weighted by molar-refractivity contribution is -0.146. The van der Waals surface area contributed by atoms with Gasteiger partial charge in [0, 0.05) is 16.9 Å². The van der Waals surface area contributed by atoms with E-state index in [4.69, 9.17) is 5.11 Å². The molecule has 5 heteroatoms. The summed E-state index contributed by atoms with van der Waals surface area (Å²) in [5.41, 5.74) is 0. The van der Waals surface area contributed by atoms with Crippen molar-refractivity contribution in [1.29, 1.82) is 0 Å². The summed E-state index contributed by atoms with van der Waals surface area (Å²) in [5, 5.41) is 11.2. The van der Waals surface area contributed by atoms with E-state index >= 15 is 0 Å². The molecule has 0 saturated carbocycles. The number of rotatable bonds is 5. The van der Waals surface area contributed by atoms with Crippen molar-refractivity contribution in [1.82, 2.24) is 5.32 Å². The summed E-state index contributed by atoms with van der Waals surface area (Å²) in [7, 11) is 0. The molecule has 2 unspecified atom stereocenters. The molecule has 0 aromatic rings. The van der Waals surface area contributed by atoms with Crippen molar-refractivity contribution in [3.63, 3.8) is 0 Å². The second-order valence-corrected chi connectivity index (χ2v) is 4.27. The number of hydrogen-bond donors (Lipinski definition) is 2. The van der Waals surface area contributed by atoms with Crippen LogP contribution in [-0.4, -0.2) is 23.5 Å². The van der Waals surface area contributed by atoms with Crippen LogP contribution in [0.3, 0.4) is 0 Å². The van der Waals surface area contributed by atoms with E-state index in [9.17, 15) is 9.59 Å². The lowest BCUT2D eigenvalue weighted by Gasteiger charge is -2.15. The Morgan fingerprint density at radius 1 is 1.43 bits per heavy atom. The Morgan fingerprint density at radius 2 is 1.93 bits per heavy atom. The summed E-state index contributed by atoms with van der Waals surface area (Å²) >= 11 is 3.09. The number of carboxylic acid groups (broad SMARTS) is 1. The van der Waals surface area contributed by atoms with Gasteiger partial charge in [0.15, 0.2) is 0 Å².